The summed E-state index contributed by atoms with van der Waals surface area (Å²) in [6.45, 7) is 7.59. The molecule has 3 nitrogen and oxygen atoms in total. The van der Waals surface area contributed by atoms with Crippen LogP contribution in [0.3, 0.4) is 0 Å². The average molecular weight is 274 g/mol. The van der Waals surface area contributed by atoms with Gasteiger partial charge in [0.25, 0.3) is 0 Å². The quantitative estimate of drug-likeness (QED) is 0.866. The van der Waals surface area contributed by atoms with Gasteiger partial charge in [0.1, 0.15) is 0 Å². The monoisotopic (exact) mass is 274 g/mol. The molecule has 0 saturated carbocycles. The molecule has 0 radical (unpaired) electrons. The Hall–Kier alpha value is -1.35. The molecule has 1 aromatic carbocycles. The minimum atomic E-state index is 0.158. The van der Waals surface area contributed by atoms with Crippen LogP contribution in [0.15, 0.2) is 30.3 Å². The third-order valence-electron chi connectivity index (χ3n) is 4.16. The predicted molar refractivity (Wildman–Crippen MR) is 82.7 cm³/mol. The molecule has 2 rings (SSSR count). The van der Waals surface area contributed by atoms with Gasteiger partial charge in [-0.3, -0.25) is 4.79 Å². The van der Waals surface area contributed by atoms with E-state index in [0.717, 1.165) is 19.4 Å². The molecule has 0 aromatic heterocycles. The van der Waals surface area contributed by atoms with Crippen LogP contribution in [0.2, 0.25) is 0 Å². The molecular formula is C17H26N2O. The minimum absolute atomic E-state index is 0.158. The molecule has 0 bridgehead atoms. The molecule has 3 heteroatoms. The molecule has 20 heavy (non-hydrogen) atoms. The maximum atomic E-state index is 11.2. The van der Waals surface area contributed by atoms with E-state index in [1.54, 1.807) is 0 Å². The Morgan fingerprint density at radius 1 is 1.35 bits per heavy atom. The lowest BCUT2D eigenvalue weighted by Crippen LogP contribution is -2.49. The minimum Gasteiger partial charge on any atom is -0.355 e. The number of piperidine rings is 1. The number of rotatable bonds is 5. The number of benzene rings is 1. The van der Waals surface area contributed by atoms with Crippen LogP contribution >= 0.6 is 0 Å². The Morgan fingerprint density at radius 2 is 2.05 bits per heavy atom. The topological polar surface area (TPSA) is 41.1 Å². The van der Waals surface area contributed by atoms with Gasteiger partial charge in [0.2, 0.25) is 5.91 Å². The second kappa shape index (κ2) is 6.40. The first-order chi connectivity index (χ1) is 9.47. The Bertz CT molecular complexity index is 432. The summed E-state index contributed by atoms with van der Waals surface area (Å²) >= 11 is 0. The third kappa shape index (κ3) is 4.07. The number of carbonyl (C=O) groups is 1. The van der Waals surface area contributed by atoms with Gasteiger partial charge in [0.15, 0.2) is 0 Å². The maximum Gasteiger partial charge on any atom is 0.220 e. The van der Waals surface area contributed by atoms with Crippen LogP contribution in [0.4, 0.5) is 0 Å². The Morgan fingerprint density at radius 3 is 2.65 bits per heavy atom. The van der Waals surface area contributed by atoms with Crippen molar-refractivity contribution >= 4 is 5.91 Å². The molecule has 2 atom stereocenters. The highest BCUT2D eigenvalue weighted by molar-refractivity contribution is 5.76. The standard InChI is InChI=1S/C17H26N2O/c1-13(19-15-9-10-16(20)18-12-15)11-17(2,3)14-7-5-4-6-8-14/h4-8,13,15,19H,9-12H2,1-3H3,(H,18,20). The molecule has 1 aliphatic rings. The van der Waals surface area contributed by atoms with Crippen LogP contribution in [-0.2, 0) is 10.2 Å². The summed E-state index contributed by atoms with van der Waals surface area (Å²) < 4.78 is 0. The smallest absolute Gasteiger partial charge is 0.220 e. The van der Waals surface area contributed by atoms with E-state index in [1.807, 2.05) is 0 Å². The number of carbonyl (C=O) groups excluding carboxylic acids is 1. The molecule has 110 valence electrons. The van der Waals surface area contributed by atoms with Crippen molar-refractivity contribution in [1.29, 1.82) is 0 Å². The highest BCUT2D eigenvalue weighted by Gasteiger charge is 2.25. The summed E-state index contributed by atoms with van der Waals surface area (Å²) in [7, 11) is 0. The fourth-order valence-corrected chi connectivity index (χ4v) is 3.11. The van der Waals surface area contributed by atoms with Gasteiger partial charge in [-0.15, -0.1) is 0 Å². The lowest BCUT2D eigenvalue weighted by molar-refractivity contribution is -0.122. The molecule has 1 aliphatic heterocycles. The number of amides is 1. The van der Waals surface area contributed by atoms with Gasteiger partial charge in [0.05, 0.1) is 0 Å². The Kier molecular flexibility index (Phi) is 4.81. The summed E-state index contributed by atoms with van der Waals surface area (Å²) in [6, 6.07) is 11.5. The van der Waals surface area contributed by atoms with Crippen LogP contribution in [-0.4, -0.2) is 24.5 Å². The fourth-order valence-electron chi connectivity index (χ4n) is 3.11. The number of hydrogen-bond acceptors (Lipinski definition) is 2. The second-order valence-corrected chi connectivity index (χ2v) is 6.56. The van der Waals surface area contributed by atoms with Crippen molar-refractivity contribution in [3.05, 3.63) is 35.9 Å². The predicted octanol–water partition coefficient (Wildman–Crippen LogP) is 2.61. The zero-order valence-corrected chi connectivity index (χ0v) is 12.8. The van der Waals surface area contributed by atoms with E-state index in [4.69, 9.17) is 0 Å². The van der Waals surface area contributed by atoms with Crippen molar-refractivity contribution < 1.29 is 4.79 Å². The average Bonchev–Trinajstić information content (AvgIpc) is 2.42. The number of nitrogens with one attached hydrogen (secondary N) is 2. The highest BCUT2D eigenvalue weighted by atomic mass is 16.1. The van der Waals surface area contributed by atoms with Crippen molar-refractivity contribution in [2.24, 2.45) is 0 Å². The second-order valence-electron chi connectivity index (χ2n) is 6.56. The normalized spacial score (nSPS) is 21.4. The molecule has 1 heterocycles. The van der Waals surface area contributed by atoms with Crippen molar-refractivity contribution in [2.45, 2.75) is 57.5 Å². The molecule has 1 fully saturated rings. The molecule has 1 amide bonds. The van der Waals surface area contributed by atoms with Crippen LogP contribution < -0.4 is 10.6 Å². The van der Waals surface area contributed by atoms with Gasteiger partial charge >= 0.3 is 0 Å². The lowest BCUT2D eigenvalue weighted by atomic mass is 9.79. The van der Waals surface area contributed by atoms with Gasteiger partial charge < -0.3 is 10.6 Å². The summed E-state index contributed by atoms with van der Waals surface area (Å²) in [5.41, 5.74) is 1.54. The van der Waals surface area contributed by atoms with E-state index in [-0.39, 0.29) is 11.3 Å². The zero-order chi connectivity index (χ0) is 14.6. The Labute approximate surface area is 122 Å². The van der Waals surface area contributed by atoms with Gasteiger partial charge in [-0.25, -0.2) is 0 Å². The van der Waals surface area contributed by atoms with Gasteiger partial charge in [-0.2, -0.15) is 0 Å². The molecule has 2 unspecified atom stereocenters. The molecule has 0 aliphatic carbocycles. The highest BCUT2D eigenvalue weighted by Crippen LogP contribution is 2.28. The van der Waals surface area contributed by atoms with E-state index < -0.39 is 0 Å². The maximum absolute atomic E-state index is 11.2. The third-order valence-corrected chi connectivity index (χ3v) is 4.16. The number of hydrogen-bond donors (Lipinski definition) is 2. The summed E-state index contributed by atoms with van der Waals surface area (Å²) in [5, 5.41) is 6.58. The van der Waals surface area contributed by atoms with E-state index in [0.29, 0.717) is 18.5 Å². The zero-order valence-electron chi connectivity index (χ0n) is 12.8. The van der Waals surface area contributed by atoms with Crippen molar-refractivity contribution in [3.8, 4) is 0 Å². The van der Waals surface area contributed by atoms with Crippen molar-refractivity contribution in [2.75, 3.05) is 6.54 Å². The summed E-state index contributed by atoms with van der Waals surface area (Å²) in [4.78, 5) is 11.2. The van der Waals surface area contributed by atoms with Gasteiger partial charge in [0, 0.05) is 25.0 Å². The lowest BCUT2D eigenvalue weighted by Gasteiger charge is -2.32. The van der Waals surface area contributed by atoms with Crippen molar-refractivity contribution in [3.63, 3.8) is 0 Å². The molecule has 0 spiro atoms. The molecular weight excluding hydrogens is 248 g/mol. The first kappa shape index (κ1) is 15.0. The van der Waals surface area contributed by atoms with E-state index >= 15 is 0 Å². The van der Waals surface area contributed by atoms with Crippen molar-refractivity contribution in [1.82, 2.24) is 10.6 Å². The summed E-state index contributed by atoms with van der Waals surface area (Å²) in [5.74, 6) is 0.181. The van der Waals surface area contributed by atoms with E-state index in [1.165, 1.54) is 5.56 Å². The van der Waals surface area contributed by atoms with Crippen LogP contribution in [0, 0.1) is 0 Å². The van der Waals surface area contributed by atoms with Gasteiger partial charge in [-0.1, -0.05) is 44.2 Å². The van der Waals surface area contributed by atoms with E-state index in [9.17, 15) is 4.79 Å². The van der Waals surface area contributed by atoms with Crippen LogP contribution in [0.25, 0.3) is 0 Å². The SMILES string of the molecule is CC(CC(C)(C)c1ccccc1)NC1CCC(=O)NC1. The van der Waals surface area contributed by atoms with E-state index in [2.05, 4.69) is 61.7 Å². The molecule has 2 N–H and O–H groups in total. The summed E-state index contributed by atoms with van der Waals surface area (Å²) in [6.07, 6.45) is 2.68. The molecule has 1 aromatic rings. The fraction of sp³-hybridized carbons (Fsp3) is 0.588. The largest absolute Gasteiger partial charge is 0.355 e. The first-order valence-electron chi connectivity index (χ1n) is 7.55. The molecule has 1 saturated heterocycles. The van der Waals surface area contributed by atoms with Crippen LogP contribution in [0.1, 0.15) is 45.6 Å². The van der Waals surface area contributed by atoms with Crippen LogP contribution in [0.5, 0.6) is 0 Å². The van der Waals surface area contributed by atoms with Gasteiger partial charge in [-0.05, 0) is 30.7 Å². The Balaban J connectivity index is 1.87. The first-order valence-corrected chi connectivity index (χ1v) is 7.55.